The van der Waals surface area contributed by atoms with Crippen molar-refractivity contribution in [1.29, 1.82) is 0 Å². The Morgan fingerprint density at radius 3 is 2.95 bits per heavy atom. The van der Waals surface area contributed by atoms with Crippen molar-refractivity contribution in [3.05, 3.63) is 53.2 Å². The molecule has 0 aliphatic carbocycles. The maximum atomic E-state index is 13.0. The molecular weight excluding hydrogens is 331 g/mol. The van der Waals surface area contributed by atoms with Crippen LogP contribution in [-0.4, -0.2) is 17.4 Å². The molecule has 0 aliphatic rings. The fourth-order valence-corrected chi connectivity index (χ4v) is 2.71. The lowest BCUT2D eigenvalue weighted by atomic mass is 10.3. The highest BCUT2D eigenvalue weighted by atomic mass is 35.5. The van der Waals surface area contributed by atoms with Crippen LogP contribution in [0.3, 0.4) is 0 Å². The summed E-state index contributed by atoms with van der Waals surface area (Å²) in [6, 6.07) is 8.20. The van der Waals surface area contributed by atoms with Crippen LogP contribution in [0, 0.1) is 5.82 Å². The second-order valence-corrected chi connectivity index (χ2v) is 6.06. The second-order valence-electron chi connectivity index (χ2n) is 4.14. The van der Waals surface area contributed by atoms with Gasteiger partial charge in [-0.05, 0) is 42.5 Å². The summed E-state index contributed by atoms with van der Waals surface area (Å²) in [4.78, 5) is 0. The summed E-state index contributed by atoms with van der Waals surface area (Å²) in [5, 5.41) is 6.58. The van der Waals surface area contributed by atoms with Crippen molar-refractivity contribution in [1.82, 2.24) is 5.32 Å². The first-order valence-corrected chi connectivity index (χ1v) is 8.19. The van der Waals surface area contributed by atoms with Crippen LogP contribution in [-0.2, 0) is 5.75 Å². The molecule has 7 heteroatoms. The molecule has 0 bridgehead atoms. The molecule has 0 spiro atoms. The molecule has 1 aromatic heterocycles. The van der Waals surface area contributed by atoms with Crippen molar-refractivity contribution in [2.24, 2.45) is 0 Å². The fourth-order valence-electron chi connectivity index (χ4n) is 1.55. The van der Waals surface area contributed by atoms with E-state index in [1.165, 1.54) is 12.1 Å². The van der Waals surface area contributed by atoms with E-state index in [0.717, 1.165) is 23.8 Å². The zero-order valence-corrected chi connectivity index (χ0v) is 13.5. The van der Waals surface area contributed by atoms with Crippen LogP contribution in [0.2, 0.25) is 5.02 Å². The molecular formula is C14H14ClFN2OS2. The lowest BCUT2D eigenvalue weighted by Gasteiger charge is -2.10. The molecule has 2 rings (SSSR count). The van der Waals surface area contributed by atoms with E-state index >= 15 is 0 Å². The predicted octanol–water partition coefficient (Wildman–Crippen LogP) is 4.29. The Morgan fingerprint density at radius 2 is 2.24 bits per heavy atom. The van der Waals surface area contributed by atoms with Crippen molar-refractivity contribution in [3.63, 3.8) is 0 Å². The lowest BCUT2D eigenvalue weighted by Crippen LogP contribution is -2.30. The Bertz CT molecular complexity index is 593. The predicted molar refractivity (Wildman–Crippen MR) is 90.5 cm³/mol. The van der Waals surface area contributed by atoms with Gasteiger partial charge < -0.3 is 15.1 Å². The first-order valence-electron chi connectivity index (χ1n) is 6.25. The van der Waals surface area contributed by atoms with Gasteiger partial charge in [0.25, 0.3) is 0 Å². The van der Waals surface area contributed by atoms with E-state index in [2.05, 4.69) is 10.6 Å². The Morgan fingerprint density at radius 1 is 1.38 bits per heavy atom. The van der Waals surface area contributed by atoms with Gasteiger partial charge >= 0.3 is 0 Å². The standard InChI is InChI=1S/C14H14ClFN2OS2/c15-12-8-10(3-4-13(12)16)18-14(20)17-5-7-21-9-11-2-1-6-19-11/h1-4,6,8H,5,7,9H2,(H2,17,18,20). The number of thiocarbonyl (C=S) groups is 1. The zero-order chi connectivity index (χ0) is 15.1. The van der Waals surface area contributed by atoms with Crippen LogP contribution < -0.4 is 10.6 Å². The van der Waals surface area contributed by atoms with Gasteiger partial charge in [0, 0.05) is 18.0 Å². The maximum Gasteiger partial charge on any atom is 0.170 e. The first kappa shape index (κ1) is 16.1. The number of benzene rings is 1. The number of hydrogen-bond donors (Lipinski definition) is 2. The van der Waals surface area contributed by atoms with Crippen molar-refractivity contribution in [2.45, 2.75) is 5.75 Å². The Hall–Kier alpha value is -1.24. The van der Waals surface area contributed by atoms with Crippen LogP contribution in [0.15, 0.2) is 41.0 Å². The summed E-state index contributed by atoms with van der Waals surface area (Å²) in [6.07, 6.45) is 1.67. The molecule has 0 unspecified atom stereocenters. The molecule has 2 N–H and O–H groups in total. The Balaban J connectivity index is 1.64. The number of nitrogens with one attached hydrogen (secondary N) is 2. The van der Waals surface area contributed by atoms with Gasteiger partial charge in [-0.1, -0.05) is 11.6 Å². The Kier molecular flexibility index (Phi) is 6.35. The van der Waals surface area contributed by atoms with Crippen LogP contribution in [0.1, 0.15) is 5.76 Å². The third-order valence-corrected chi connectivity index (χ3v) is 4.05. The molecule has 3 nitrogen and oxygen atoms in total. The van der Waals surface area contributed by atoms with Gasteiger partial charge in [0.15, 0.2) is 5.11 Å². The molecule has 0 saturated heterocycles. The SMILES string of the molecule is Fc1ccc(NC(=S)NCCSCc2ccco2)cc1Cl. The van der Waals surface area contributed by atoms with E-state index < -0.39 is 5.82 Å². The minimum Gasteiger partial charge on any atom is -0.468 e. The summed E-state index contributed by atoms with van der Waals surface area (Å²) in [5.41, 5.74) is 0.655. The highest BCUT2D eigenvalue weighted by molar-refractivity contribution is 7.98. The van der Waals surface area contributed by atoms with Crippen molar-refractivity contribution >= 4 is 46.4 Å². The van der Waals surface area contributed by atoms with E-state index in [9.17, 15) is 4.39 Å². The second kappa shape index (κ2) is 8.26. The molecule has 0 amide bonds. The molecule has 0 saturated carbocycles. The first-order chi connectivity index (χ1) is 10.1. The van der Waals surface area contributed by atoms with Crippen LogP contribution >= 0.6 is 35.6 Å². The van der Waals surface area contributed by atoms with E-state index in [1.54, 1.807) is 24.1 Å². The van der Waals surface area contributed by atoms with E-state index in [0.29, 0.717) is 10.8 Å². The number of anilines is 1. The van der Waals surface area contributed by atoms with Crippen molar-refractivity contribution in [2.75, 3.05) is 17.6 Å². The Labute approximate surface area is 137 Å². The summed E-state index contributed by atoms with van der Waals surface area (Å²) in [5.74, 6) is 2.24. The highest BCUT2D eigenvalue weighted by Crippen LogP contribution is 2.19. The quantitative estimate of drug-likeness (QED) is 0.604. The molecule has 0 atom stereocenters. The number of thioether (sulfide) groups is 1. The largest absolute Gasteiger partial charge is 0.468 e. The number of furan rings is 1. The van der Waals surface area contributed by atoms with E-state index in [4.69, 9.17) is 28.2 Å². The molecule has 0 fully saturated rings. The molecule has 1 heterocycles. The summed E-state index contributed by atoms with van der Waals surface area (Å²) in [7, 11) is 0. The van der Waals surface area contributed by atoms with Crippen molar-refractivity contribution in [3.8, 4) is 0 Å². The molecule has 21 heavy (non-hydrogen) atoms. The molecule has 112 valence electrons. The molecule has 0 aliphatic heterocycles. The van der Waals surface area contributed by atoms with Crippen LogP contribution in [0.5, 0.6) is 0 Å². The third-order valence-electron chi connectivity index (χ3n) is 2.53. The van der Waals surface area contributed by atoms with Gasteiger partial charge in [0.05, 0.1) is 17.0 Å². The fraction of sp³-hybridized carbons (Fsp3) is 0.214. The number of rotatable bonds is 6. The average molecular weight is 345 g/mol. The summed E-state index contributed by atoms with van der Waals surface area (Å²) in [6.45, 7) is 0.728. The maximum absolute atomic E-state index is 13.0. The lowest BCUT2D eigenvalue weighted by molar-refractivity contribution is 0.530. The van der Waals surface area contributed by atoms with Gasteiger partial charge in [-0.2, -0.15) is 11.8 Å². The van der Waals surface area contributed by atoms with Crippen LogP contribution in [0.4, 0.5) is 10.1 Å². The normalized spacial score (nSPS) is 10.4. The monoisotopic (exact) mass is 344 g/mol. The molecule has 0 radical (unpaired) electrons. The minimum atomic E-state index is -0.449. The van der Waals surface area contributed by atoms with Gasteiger partial charge in [0.1, 0.15) is 11.6 Å². The third kappa shape index (κ3) is 5.57. The summed E-state index contributed by atoms with van der Waals surface area (Å²) < 4.78 is 18.3. The van der Waals surface area contributed by atoms with Gasteiger partial charge in [-0.15, -0.1) is 0 Å². The van der Waals surface area contributed by atoms with Crippen LogP contribution in [0.25, 0.3) is 0 Å². The number of hydrogen-bond acceptors (Lipinski definition) is 3. The summed E-state index contributed by atoms with van der Waals surface area (Å²) >= 11 is 12.6. The van der Waals surface area contributed by atoms with Gasteiger partial charge in [0.2, 0.25) is 0 Å². The van der Waals surface area contributed by atoms with Gasteiger partial charge in [-0.25, -0.2) is 4.39 Å². The smallest absolute Gasteiger partial charge is 0.170 e. The topological polar surface area (TPSA) is 37.2 Å². The highest BCUT2D eigenvalue weighted by Gasteiger charge is 2.02. The van der Waals surface area contributed by atoms with E-state index in [-0.39, 0.29) is 5.02 Å². The molecule has 2 aromatic rings. The van der Waals surface area contributed by atoms with Gasteiger partial charge in [-0.3, -0.25) is 0 Å². The average Bonchev–Trinajstić information content (AvgIpc) is 2.96. The number of halogens is 2. The zero-order valence-electron chi connectivity index (χ0n) is 11.1. The minimum absolute atomic E-state index is 0.0665. The molecule has 1 aromatic carbocycles. The van der Waals surface area contributed by atoms with Crippen molar-refractivity contribution < 1.29 is 8.81 Å². The van der Waals surface area contributed by atoms with E-state index in [1.807, 2.05) is 12.1 Å².